The molecule has 0 aromatic heterocycles. The van der Waals surface area contributed by atoms with Crippen LogP contribution in [-0.4, -0.2) is 35.1 Å². The molecule has 0 saturated heterocycles. The zero-order valence-corrected chi connectivity index (χ0v) is 21.7. The van der Waals surface area contributed by atoms with Crippen LogP contribution in [0.3, 0.4) is 0 Å². The summed E-state index contributed by atoms with van der Waals surface area (Å²) in [4.78, 5) is 28.7. The molecule has 6 heteroatoms. The van der Waals surface area contributed by atoms with Crippen LogP contribution >= 0.6 is 23.4 Å². The molecule has 35 heavy (non-hydrogen) atoms. The van der Waals surface area contributed by atoms with Gasteiger partial charge in [0, 0.05) is 30.3 Å². The summed E-state index contributed by atoms with van der Waals surface area (Å²) >= 11 is 7.64. The molecule has 1 unspecified atom stereocenters. The molecule has 0 aliphatic rings. The number of unbranched alkanes of at least 4 members (excludes halogenated alkanes) is 1. The molecule has 0 heterocycles. The highest BCUT2D eigenvalue weighted by atomic mass is 35.5. The lowest BCUT2D eigenvalue weighted by atomic mass is 10.0. The van der Waals surface area contributed by atoms with Crippen molar-refractivity contribution in [2.45, 2.75) is 44.5 Å². The third kappa shape index (κ3) is 9.08. The summed E-state index contributed by atoms with van der Waals surface area (Å²) in [6.07, 6.45) is 2.37. The standard InChI is InChI=1S/C29H33ClN2O2S/c1-2-3-17-31-29(34)27(19-23-11-6-4-7-12-23)32(20-24-13-8-5-9-14-24)28(33)22-35-21-25-15-10-16-26(30)18-25/h4-16,18,27H,2-3,17,19-22H2,1H3,(H,31,34). The lowest BCUT2D eigenvalue weighted by Crippen LogP contribution is -2.51. The Balaban J connectivity index is 1.80. The summed E-state index contributed by atoms with van der Waals surface area (Å²) in [5, 5.41) is 3.75. The maximum atomic E-state index is 13.6. The molecule has 2 amide bonds. The molecule has 0 radical (unpaired) electrons. The largest absolute Gasteiger partial charge is 0.354 e. The van der Waals surface area contributed by atoms with E-state index in [0.29, 0.717) is 30.3 Å². The molecule has 0 aliphatic heterocycles. The maximum absolute atomic E-state index is 13.6. The van der Waals surface area contributed by atoms with Crippen molar-refractivity contribution in [3.05, 3.63) is 107 Å². The number of rotatable bonds is 13. The Morgan fingerprint density at radius 3 is 2.23 bits per heavy atom. The Morgan fingerprint density at radius 2 is 1.57 bits per heavy atom. The molecule has 0 saturated carbocycles. The lowest BCUT2D eigenvalue weighted by Gasteiger charge is -2.31. The number of benzene rings is 3. The molecule has 184 valence electrons. The second-order valence-electron chi connectivity index (χ2n) is 8.48. The van der Waals surface area contributed by atoms with Gasteiger partial charge in [0.2, 0.25) is 11.8 Å². The third-order valence-electron chi connectivity index (χ3n) is 5.68. The zero-order chi connectivity index (χ0) is 24.9. The molecule has 0 bridgehead atoms. The van der Waals surface area contributed by atoms with Crippen LogP contribution in [-0.2, 0) is 28.3 Å². The van der Waals surface area contributed by atoms with Gasteiger partial charge in [0.1, 0.15) is 6.04 Å². The highest BCUT2D eigenvalue weighted by molar-refractivity contribution is 7.99. The van der Waals surface area contributed by atoms with Crippen molar-refractivity contribution in [1.82, 2.24) is 10.2 Å². The van der Waals surface area contributed by atoms with Crippen molar-refractivity contribution < 1.29 is 9.59 Å². The second kappa shape index (κ2) is 14.6. The minimum atomic E-state index is -0.589. The minimum absolute atomic E-state index is 0.0487. The summed E-state index contributed by atoms with van der Waals surface area (Å²) in [5.41, 5.74) is 3.10. The van der Waals surface area contributed by atoms with Crippen LogP contribution in [0.1, 0.15) is 36.5 Å². The number of thioether (sulfide) groups is 1. The molecular formula is C29H33ClN2O2S. The van der Waals surface area contributed by atoms with Crippen LogP contribution < -0.4 is 5.32 Å². The van der Waals surface area contributed by atoms with E-state index < -0.39 is 6.04 Å². The maximum Gasteiger partial charge on any atom is 0.243 e. The van der Waals surface area contributed by atoms with E-state index in [0.717, 1.165) is 29.5 Å². The topological polar surface area (TPSA) is 49.4 Å². The highest BCUT2D eigenvalue weighted by Gasteiger charge is 2.30. The van der Waals surface area contributed by atoms with Crippen LogP contribution in [0.2, 0.25) is 5.02 Å². The SMILES string of the molecule is CCCCNC(=O)C(Cc1ccccc1)N(Cc1ccccc1)C(=O)CSCc1cccc(Cl)c1. The first kappa shape index (κ1) is 26.8. The van der Waals surface area contributed by atoms with Gasteiger partial charge in [0.05, 0.1) is 5.75 Å². The first-order chi connectivity index (χ1) is 17.1. The van der Waals surface area contributed by atoms with E-state index in [1.165, 1.54) is 11.8 Å². The predicted octanol–water partition coefficient (Wildman–Crippen LogP) is 6.13. The Bertz CT molecular complexity index is 1060. The summed E-state index contributed by atoms with van der Waals surface area (Å²) in [5.74, 6) is 0.809. The molecule has 0 spiro atoms. The quantitative estimate of drug-likeness (QED) is 0.282. The van der Waals surface area contributed by atoms with Gasteiger partial charge >= 0.3 is 0 Å². The van der Waals surface area contributed by atoms with Crippen LogP contribution in [0, 0.1) is 0 Å². The Labute approximate surface area is 218 Å². The van der Waals surface area contributed by atoms with E-state index in [1.54, 1.807) is 4.90 Å². The smallest absolute Gasteiger partial charge is 0.243 e. The van der Waals surface area contributed by atoms with E-state index >= 15 is 0 Å². The highest BCUT2D eigenvalue weighted by Crippen LogP contribution is 2.20. The van der Waals surface area contributed by atoms with Gasteiger partial charge in [-0.15, -0.1) is 11.8 Å². The van der Waals surface area contributed by atoms with Crippen molar-refractivity contribution in [2.24, 2.45) is 0 Å². The number of halogens is 1. The fourth-order valence-corrected chi connectivity index (χ4v) is 4.88. The Hall–Kier alpha value is -2.76. The van der Waals surface area contributed by atoms with E-state index in [2.05, 4.69) is 12.2 Å². The molecule has 0 aliphatic carbocycles. The first-order valence-corrected chi connectivity index (χ1v) is 13.6. The van der Waals surface area contributed by atoms with Gasteiger partial charge in [-0.1, -0.05) is 97.7 Å². The molecule has 3 aromatic carbocycles. The second-order valence-corrected chi connectivity index (χ2v) is 9.90. The molecule has 4 nitrogen and oxygen atoms in total. The van der Waals surface area contributed by atoms with Crippen LogP contribution in [0.4, 0.5) is 0 Å². The fraction of sp³-hybridized carbons (Fsp3) is 0.310. The van der Waals surface area contributed by atoms with Gasteiger partial charge in [0.25, 0.3) is 0 Å². The van der Waals surface area contributed by atoms with Crippen LogP contribution in [0.15, 0.2) is 84.9 Å². The number of carbonyl (C=O) groups is 2. The fourth-order valence-electron chi connectivity index (χ4n) is 3.81. The van der Waals surface area contributed by atoms with Gasteiger partial charge in [-0.05, 0) is 35.2 Å². The summed E-state index contributed by atoms with van der Waals surface area (Å²) < 4.78 is 0. The van der Waals surface area contributed by atoms with Crippen molar-refractivity contribution in [3.63, 3.8) is 0 Å². The third-order valence-corrected chi connectivity index (χ3v) is 6.90. The molecule has 1 atom stereocenters. The van der Waals surface area contributed by atoms with E-state index in [1.807, 2.05) is 84.9 Å². The number of hydrogen-bond acceptors (Lipinski definition) is 3. The number of hydrogen-bond donors (Lipinski definition) is 1. The first-order valence-electron chi connectivity index (χ1n) is 12.0. The normalized spacial score (nSPS) is 11.6. The van der Waals surface area contributed by atoms with Gasteiger partial charge in [-0.25, -0.2) is 0 Å². The monoisotopic (exact) mass is 508 g/mol. The minimum Gasteiger partial charge on any atom is -0.354 e. The molecule has 1 N–H and O–H groups in total. The van der Waals surface area contributed by atoms with Crippen molar-refractivity contribution >= 4 is 35.2 Å². The average molecular weight is 509 g/mol. The molecular weight excluding hydrogens is 476 g/mol. The van der Waals surface area contributed by atoms with Gasteiger partial charge < -0.3 is 10.2 Å². The van der Waals surface area contributed by atoms with Gasteiger partial charge in [-0.2, -0.15) is 0 Å². The molecule has 3 rings (SSSR count). The Morgan fingerprint density at radius 1 is 0.914 bits per heavy atom. The molecule has 3 aromatic rings. The van der Waals surface area contributed by atoms with E-state index in [-0.39, 0.29) is 17.6 Å². The van der Waals surface area contributed by atoms with Crippen molar-refractivity contribution in [2.75, 3.05) is 12.3 Å². The van der Waals surface area contributed by atoms with Gasteiger partial charge in [-0.3, -0.25) is 9.59 Å². The van der Waals surface area contributed by atoms with Crippen LogP contribution in [0.25, 0.3) is 0 Å². The summed E-state index contributed by atoms with van der Waals surface area (Å²) in [7, 11) is 0. The summed E-state index contributed by atoms with van der Waals surface area (Å²) in [6.45, 7) is 3.09. The number of carbonyl (C=O) groups excluding carboxylic acids is 2. The average Bonchev–Trinajstić information content (AvgIpc) is 2.87. The number of nitrogens with zero attached hydrogens (tertiary/aromatic N) is 1. The van der Waals surface area contributed by atoms with Crippen molar-refractivity contribution in [3.8, 4) is 0 Å². The van der Waals surface area contributed by atoms with E-state index in [4.69, 9.17) is 11.6 Å². The number of amides is 2. The van der Waals surface area contributed by atoms with Crippen LogP contribution in [0.5, 0.6) is 0 Å². The predicted molar refractivity (Wildman–Crippen MR) is 146 cm³/mol. The number of nitrogens with one attached hydrogen (secondary N) is 1. The van der Waals surface area contributed by atoms with Crippen molar-refractivity contribution in [1.29, 1.82) is 0 Å². The summed E-state index contributed by atoms with van der Waals surface area (Å²) in [6, 6.07) is 26.8. The molecule has 0 fully saturated rings. The van der Waals surface area contributed by atoms with Gasteiger partial charge in [0.15, 0.2) is 0 Å². The Kier molecular flexibility index (Phi) is 11.2. The lowest BCUT2D eigenvalue weighted by molar-refractivity contribution is -0.139. The zero-order valence-electron chi connectivity index (χ0n) is 20.2. The van der Waals surface area contributed by atoms with E-state index in [9.17, 15) is 9.59 Å².